The van der Waals surface area contributed by atoms with Crippen molar-refractivity contribution in [1.29, 1.82) is 0 Å². The van der Waals surface area contributed by atoms with Gasteiger partial charge < -0.3 is 5.32 Å². The summed E-state index contributed by atoms with van der Waals surface area (Å²) in [5.74, 6) is 0.688. The molecule has 0 aliphatic rings. The number of nitrogens with one attached hydrogen (secondary N) is 1. The molecule has 0 radical (unpaired) electrons. The number of halogens is 1. The molecule has 0 aliphatic heterocycles. The first kappa shape index (κ1) is 14.5. The third-order valence-electron chi connectivity index (χ3n) is 2.79. The van der Waals surface area contributed by atoms with E-state index in [1.54, 1.807) is 0 Å². The second kappa shape index (κ2) is 7.02. The smallest absolute Gasteiger partial charge is 0.0850 e. The standard InChI is InChI=1S/C13H24ClN3/c1-5-11-13(14)12(17(6-2)16-11)7-8-15-9-10(3)4/h10,15H,5-9H2,1-4H3. The van der Waals surface area contributed by atoms with Gasteiger partial charge >= 0.3 is 0 Å². The fraction of sp³-hybridized carbons (Fsp3) is 0.769. The highest BCUT2D eigenvalue weighted by atomic mass is 35.5. The summed E-state index contributed by atoms with van der Waals surface area (Å²) in [4.78, 5) is 0. The molecular formula is C13H24ClN3. The van der Waals surface area contributed by atoms with Crippen LogP contribution in [0.1, 0.15) is 39.1 Å². The van der Waals surface area contributed by atoms with Gasteiger partial charge in [0.15, 0.2) is 0 Å². The van der Waals surface area contributed by atoms with Crippen molar-refractivity contribution >= 4 is 11.6 Å². The number of rotatable bonds is 7. The van der Waals surface area contributed by atoms with Crippen molar-refractivity contribution in [3.63, 3.8) is 0 Å². The highest BCUT2D eigenvalue weighted by Crippen LogP contribution is 2.21. The van der Waals surface area contributed by atoms with E-state index in [0.717, 1.165) is 43.2 Å². The van der Waals surface area contributed by atoms with Crippen molar-refractivity contribution in [3.8, 4) is 0 Å². The van der Waals surface area contributed by atoms with Gasteiger partial charge in [-0.2, -0.15) is 5.10 Å². The average molecular weight is 258 g/mol. The van der Waals surface area contributed by atoms with Crippen LogP contribution in [0.5, 0.6) is 0 Å². The summed E-state index contributed by atoms with van der Waals surface area (Å²) in [5.41, 5.74) is 2.19. The molecule has 1 aromatic heterocycles. The molecule has 0 fully saturated rings. The second-order valence-corrected chi connectivity index (χ2v) is 5.10. The molecule has 0 saturated carbocycles. The van der Waals surface area contributed by atoms with Crippen molar-refractivity contribution in [1.82, 2.24) is 15.1 Å². The SMILES string of the molecule is CCc1nn(CC)c(CCNCC(C)C)c1Cl. The molecule has 0 atom stereocenters. The topological polar surface area (TPSA) is 29.9 Å². The van der Waals surface area contributed by atoms with Crippen molar-refractivity contribution in [2.75, 3.05) is 13.1 Å². The zero-order valence-corrected chi connectivity index (χ0v) is 12.1. The van der Waals surface area contributed by atoms with Crippen molar-refractivity contribution in [2.45, 2.75) is 47.1 Å². The molecule has 3 nitrogen and oxygen atoms in total. The Balaban J connectivity index is 2.59. The van der Waals surface area contributed by atoms with Gasteiger partial charge in [0, 0.05) is 19.5 Å². The van der Waals surface area contributed by atoms with Gasteiger partial charge in [-0.05, 0) is 25.8 Å². The maximum Gasteiger partial charge on any atom is 0.0850 e. The molecule has 17 heavy (non-hydrogen) atoms. The van der Waals surface area contributed by atoms with Crippen LogP contribution in [0, 0.1) is 5.92 Å². The molecule has 0 unspecified atom stereocenters. The predicted octanol–water partition coefficient (Wildman–Crippen LogP) is 2.91. The van der Waals surface area contributed by atoms with E-state index in [9.17, 15) is 0 Å². The third kappa shape index (κ3) is 4.00. The van der Waals surface area contributed by atoms with E-state index in [2.05, 4.69) is 38.1 Å². The van der Waals surface area contributed by atoms with Crippen molar-refractivity contribution in [3.05, 3.63) is 16.4 Å². The largest absolute Gasteiger partial charge is 0.316 e. The normalized spacial score (nSPS) is 11.4. The summed E-state index contributed by atoms with van der Waals surface area (Å²) in [6, 6.07) is 0. The minimum atomic E-state index is 0.688. The predicted molar refractivity (Wildman–Crippen MR) is 73.7 cm³/mol. The fourth-order valence-electron chi connectivity index (χ4n) is 1.85. The number of aromatic nitrogens is 2. The number of aryl methyl sites for hydroxylation is 2. The van der Waals surface area contributed by atoms with Crippen LogP contribution in [0.15, 0.2) is 0 Å². The van der Waals surface area contributed by atoms with Crippen LogP contribution in [-0.4, -0.2) is 22.9 Å². The number of hydrogen-bond acceptors (Lipinski definition) is 2. The summed E-state index contributed by atoms with van der Waals surface area (Å²) < 4.78 is 2.03. The Morgan fingerprint density at radius 2 is 2.06 bits per heavy atom. The first-order valence-corrected chi connectivity index (χ1v) is 6.92. The van der Waals surface area contributed by atoms with E-state index >= 15 is 0 Å². The van der Waals surface area contributed by atoms with Crippen LogP contribution in [0.2, 0.25) is 5.02 Å². The molecule has 4 heteroatoms. The van der Waals surface area contributed by atoms with E-state index in [1.807, 2.05) is 4.68 Å². The molecule has 1 rings (SSSR count). The van der Waals surface area contributed by atoms with Crippen LogP contribution in [0.4, 0.5) is 0 Å². The van der Waals surface area contributed by atoms with Crippen molar-refractivity contribution in [2.24, 2.45) is 5.92 Å². The van der Waals surface area contributed by atoms with Gasteiger partial charge in [0.25, 0.3) is 0 Å². The Kier molecular flexibility index (Phi) is 6.00. The summed E-state index contributed by atoms with van der Waals surface area (Å²) >= 11 is 6.34. The summed E-state index contributed by atoms with van der Waals surface area (Å²) in [7, 11) is 0. The van der Waals surface area contributed by atoms with Gasteiger partial charge in [-0.3, -0.25) is 4.68 Å². The molecule has 0 aliphatic carbocycles. The van der Waals surface area contributed by atoms with Crippen LogP contribution < -0.4 is 5.32 Å². The Morgan fingerprint density at radius 3 is 2.59 bits per heavy atom. The highest BCUT2D eigenvalue weighted by Gasteiger charge is 2.13. The zero-order chi connectivity index (χ0) is 12.8. The van der Waals surface area contributed by atoms with Crippen molar-refractivity contribution < 1.29 is 0 Å². The van der Waals surface area contributed by atoms with Crippen LogP contribution in [-0.2, 0) is 19.4 Å². The van der Waals surface area contributed by atoms with Crippen LogP contribution >= 0.6 is 11.6 Å². The first-order chi connectivity index (χ1) is 8.10. The minimum Gasteiger partial charge on any atom is -0.316 e. The molecule has 1 N–H and O–H groups in total. The molecule has 0 aromatic carbocycles. The molecule has 0 amide bonds. The van der Waals surface area contributed by atoms with Gasteiger partial charge in [0.05, 0.1) is 16.4 Å². The molecule has 0 saturated heterocycles. The van der Waals surface area contributed by atoms with Gasteiger partial charge in [-0.1, -0.05) is 32.4 Å². The molecular weight excluding hydrogens is 234 g/mol. The summed E-state index contributed by atoms with van der Waals surface area (Å²) in [6.45, 7) is 11.5. The Hall–Kier alpha value is -0.540. The maximum absolute atomic E-state index is 6.34. The van der Waals surface area contributed by atoms with E-state index < -0.39 is 0 Å². The van der Waals surface area contributed by atoms with Gasteiger partial charge in [-0.15, -0.1) is 0 Å². The Bertz CT molecular complexity index is 345. The van der Waals surface area contributed by atoms with E-state index in [0.29, 0.717) is 5.92 Å². The van der Waals surface area contributed by atoms with Crippen LogP contribution in [0.25, 0.3) is 0 Å². The van der Waals surface area contributed by atoms with E-state index in [1.165, 1.54) is 5.69 Å². The second-order valence-electron chi connectivity index (χ2n) is 4.72. The fourth-order valence-corrected chi connectivity index (χ4v) is 2.22. The monoisotopic (exact) mass is 257 g/mol. The molecule has 0 bridgehead atoms. The molecule has 0 spiro atoms. The molecule has 1 heterocycles. The maximum atomic E-state index is 6.34. The lowest BCUT2D eigenvalue weighted by molar-refractivity contribution is 0.540. The lowest BCUT2D eigenvalue weighted by atomic mass is 10.2. The first-order valence-electron chi connectivity index (χ1n) is 6.54. The number of hydrogen-bond donors (Lipinski definition) is 1. The lowest BCUT2D eigenvalue weighted by Gasteiger charge is -2.08. The van der Waals surface area contributed by atoms with E-state index in [4.69, 9.17) is 11.6 Å². The van der Waals surface area contributed by atoms with E-state index in [-0.39, 0.29) is 0 Å². The van der Waals surface area contributed by atoms with Gasteiger partial charge in [0.2, 0.25) is 0 Å². The van der Waals surface area contributed by atoms with Crippen LogP contribution in [0.3, 0.4) is 0 Å². The minimum absolute atomic E-state index is 0.688. The Morgan fingerprint density at radius 1 is 1.35 bits per heavy atom. The van der Waals surface area contributed by atoms with Gasteiger partial charge in [0.1, 0.15) is 0 Å². The molecule has 1 aromatic rings. The molecule has 98 valence electrons. The quantitative estimate of drug-likeness (QED) is 0.762. The van der Waals surface area contributed by atoms with Gasteiger partial charge in [-0.25, -0.2) is 0 Å². The number of nitrogens with zero attached hydrogens (tertiary/aromatic N) is 2. The lowest BCUT2D eigenvalue weighted by Crippen LogP contribution is -2.23. The average Bonchev–Trinajstić information content (AvgIpc) is 2.61. The zero-order valence-electron chi connectivity index (χ0n) is 11.4. The summed E-state index contributed by atoms with van der Waals surface area (Å²) in [5, 5.41) is 8.82. The third-order valence-corrected chi connectivity index (χ3v) is 3.22. The highest BCUT2D eigenvalue weighted by molar-refractivity contribution is 6.31. The Labute approximate surface area is 110 Å². The summed E-state index contributed by atoms with van der Waals surface area (Å²) in [6.07, 6.45) is 1.85.